The highest BCUT2D eigenvalue weighted by atomic mass is 28.4. The molecule has 2 amide bonds. The van der Waals surface area contributed by atoms with E-state index >= 15 is 0 Å². The van der Waals surface area contributed by atoms with Gasteiger partial charge in [0.25, 0.3) is 0 Å². The van der Waals surface area contributed by atoms with Gasteiger partial charge in [-0.15, -0.1) is 0 Å². The van der Waals surface area contributed by atoms with Gasteiger partial charge in [-0.25, -0.2) is 9.59 Å². The van der Waals surface area contributed by atoms with Gasteiger partial charge in [0.05, 0.1) is 52.4 Å². The van der Waals surface area contributed by atoms with Crippen LogP contribution in [0, 0.1) is 0 Å². The molecule has 0 unspecified atom stereocenters. The van der Waals surface area contributed by atoms with E-state index in [1.807, 2.05) is 152 Å². The minimum atomic E-state index is -2.67. The molecule has 2 aliphatic rings. The Morgan fingerprint density at radius 2 is 0.865 bits per heavy atom. The molecule has 2 N–H and O–H groups in total. The Morgan fingerprint density at radius 3 is 1.28 bits per heavy atom. The van der Waals surface area contributed by atoms with E-state index in [9.17, 15) is 14.4 Å². The lowest BCUT2D eigenvalue weighted by atomic mass is 9.94. The Bertz CT molecular complexity index is 2860. The maximum Gasteiger partial charge on any atom is 0.408 e. The van der Waals surface area contributed by atoms with Crippen LogP contribution in [0.4, 0.5) is 4.79 Å². The van der Waals surface area contributed by atoms with Crippen LogP contribution < -0.4 is 10.6 Å². The van der Waals surface area contributed by atoms with Crippen molar-refractivity contribution in [1.82, 2.24) is 10.6 Å². The lowest BCUT2D eigenvalue weighted by molar-refractivity contribution is -0.364. The number of hydrogen-bond donors (Lipinski definition) is 2. The average Bonchev–Trinajstić information content (AvgIpc) is 1.07. The second kappa shape index (κ2) is 33.4. The van der Waals surface area contributed by atoms with Crippen molar-refractivity contribution in [3.8, 4) is 0 Å². The van der Waals surface area contributed by atoms with Crippen LogP contribution in [0.2, 0.25) is 16.6 Å². The molecule has 2 heterocycles. The number of carbonyl (C=O) groups is 3. The predicted octanol–water partition coefficient (Wildman–Crippen LogP) is 12.7. The molecule has 2 saturated heterocycles. The van der Waals surface area contributed by atoms with Gasteiger partial charge in [-0.1, -0.05) is 193 Å². The van der Waals surface area contributed by atoms with Crippen LogP contribution in [-0.2, 0) is 99.2 Å². The number of amides is 2. The summed E-state index contributed by atoms with van der Waals surface area (Å²) in [6.07, 6.45) is -11.7. The molecule has 2 aliphatic heterocycles. The van der Waals surface area contributed by atoms with Crippen molar-refractivity contribution in [3.63, 3.8) is 0 Å². The number of hydrogen-bond acceptors (Lipinski definition) is 15. The molecule has 0 aromatic heterocycles. The molecule has 0 saturated carbocycles. The van der Waals surface area contributed by atoms with Crippen LogP contribution >= 0.6 is 0 Å². The highest BCUT2D eigenvalue weighted by Gasteiger charge is 2.56. The highest BCUT2D eigenvalue weighted by Crippen LogP contribution is 2.44. The van der Waals surface area contributed by atoms with E-state index in [-0.39, 0.29) is 62.9 Å². The van der Waals surface area contributed by atoms with Crippen molar-refractivity contribution in [2.45, 2.75) is 231 Å². The molecule has 0 spiro atoms. The first-order valence-corrected chi connectivity index (χ1v) is 33.5. The minimum Gasteiger partial charge on any atom is -0.458 e. The molecule has 18 heteroatoms. The first-order valence-electron chi connectivity index (χ1n) is 31.4. The molecule has 17 nitrogen and oxygen atoms in total. The lowest BCUT2D eigenvalue weighted by Gasteiger charge is -2.51. The summed E-state index contributed by atoms with van der Waals surface area (Å²) in [6, 6.07) is 46.5. The molecule has 7 rings (SSSR count). The first-order chi connectivity index (χ1) is 42.4. The molecule has 0 aliphatic carbocycles. The molecule has 5 aromatic rings. The molecule has 0 bridgehead atoms. The normalized spacial score (nSPS) is 23.2. The molecule has 486 valence electrons. The van der Waals surface area contributed by atoms with Gasteiger partial charge in [0.2, 0.25) is 5.91 Å². The van der Waals surface area contributed by atoms with Crippen LogP contribution in [0.1, 0.15) is 125 Å². The summed E-state index contributed by atoms with van der Waals surface area (Å²) in [4.78, 5) is 42.1. The summed E-state index contributed by atoms with van der Waals surface area (Å²) in [5.41, 5.74) is 3.19. The van der Waals surface area contributed by atoms with E-state index in [1.54, 1.807) is 48.5 Å². The number of rotatable bonds is 30. The summed E-state index contributed by atoms with van der Waals surface area (Å²) >= 11 is 0. The van der Waals surface area contributed by atoms with Crippen molar-refractivity contribution >= 4 is 26.3 Å². The zero-order valence-corrected chi connectivity index (χ0v) is 55.7. The summed E-state index contributed by atoms with van der Waals surface area (Å²) < 4.78 is 83.4. The number of carbonyl (C=O) groups excluding carboxylic acids is 3. The standard InChI is InChI=1S/C71H98N2O15Si/c1-47(2)89(48(3)4,49(5)6)82-46-58-61(78-41-53-32-22-16-23-33-53)63(60(72-51(8)74)67(84-58)83-50(7)59(66(75)87-70(9,10)11)73-69(76)88-71(12,13)14)86-68-65(81-44-56-38-28-19-29-39-56)64(80-43-55-36-26-18-27-37-55)62(79-42-54-34-24-17-25-35-54)57(85-68)45-77-40-52-30-20-15-21-31-52/h15-39,47-50,57-65,67-68H,40-46H2,1-14H3,(H,72,74)(H,73,76)/t50-,57-,58-,59+,60-,61+,62+,63-,64+,65-,67+,68-/m1/s1. The monoisotopic (exact) mass is 1250 g/mol. The maximum absolute atomic E-state index is 14.4. The number of ether oxygens (including phenoxy) is 11. The number of alkyl carbamates (subject to hydrolysis) is 1. The highest BCUT2D eigenvalue weighted by molar-refractivity contribution is 6.77. The zero-order chi connectivity index (χ0) is 64.3. The van der Waals surface area contributed by atoms with E-state index < -0.39 is 111 Å². The SMILES string of the molecule is CC(=O)N[C@H]1[C@@H](O[C@H](C)[C@H](NC(=O)OC(C)(C)C)C(=O)OC(C)(C)C)O[C@H](CO[Si](C(C)C)(C(C)C)C(C)C)[C@H](OCc2ccccc2)[C@@H]1O[C@H]1O[C@H](COCc2ccccc2)[C@H](OCc2ccccc2)[C@H](OCc2ccccc2)[C@H]1OCc1ccccc1. The summed E-state index contributed by atoms with van der Waals surface area (Å²) in [5.74, 6) is -1.25. The van der Waals surface area contributed by atoms with Gasteiger partial charge < -0.3 is 67.2 Å². The second-order valence-electron chi connectivity index (χ2n) is 26.1. The summed E-state index contributed by atoms with van der Waals surface area (Å²) in [6.45, 7) is 27.5. The third-order valence-corrected chi connectivity index (χ3v) is 21.9. The van der Waals surface area contributed by atoms with E-state index in [0.717, 1.165) is 27.8 Å². The topological polar surface area (TPSA) is 186 Å². The molecule has 12 atom stereocenters. The smallest absolute Gasteiger partial charge is 0.408 e. The lowest BCUT2D eigenvalue weighted by Crippen LogP contribution is -2.70. The van der Waals surface area contributed by atoms with Crippen molar-refractivity contribution in [2.24, 2.45) is 0 Å². The first kappa shape index (κ1) is 70.6. The summed E-state index contributed by atoms with van der Waals surface area (Å²) in [7, 11) is -2.67. The fourth-order valence-corrected chi connectivity index (χ4v) is 17.3. The van der Waals surface area contributed by atoms with E-state index in [0.29, 0.717) is 0 Å². The van der Waals surface area contributed by atoms with Gasteiger partial charge >= 0.3 is 12.1 Å². The molecular weight excluding hydrogens is 1150 g/mol. The van der Waals surface area contributed by atoms with Crippen LogP contribution in [-0.4, -0.2) is 124 Å². The van der Waals surface area contributed by atoms with Gasteiger partial charge in [-0.05, 0) is 92.9 Å². The van der Waals surface area contributed by atoms with Gasteiger partial charge in [-0.2, -0.15) is 0 Å². The third kappa shape index (κ3) is 21.1. The Hall–Kier alpha value is -5.87. The van der Waals surface area contributed by atoms with Gasteiger partial charge in [0, 0.05) is 6.92 Å². The van der Waals surface area contributed by atoms with Crippen LogP contribution in [0.25, 0.3) is 0 Å². The Balaban J connectivity index is 1.41. The van der Waals surface area contributed by atoms with E-state index in [4.69, 9.17) is 56.5 Å². The van der Waals surface area contributed by atoms with Crippen molar-refractivity contribution in [3.05, 3.63) is 179 Å². The van der Waals surface area contributed by atoms with Gasteiger partial charge in [-0.3, -0.25) is 4.79 Å². The fraction of sp³-hybridized carbons (Fsp3) is 0.535. The van der Waals surface area contributed by atoms with Crippen LogP contribution in [0.15, 0.2) is 152 Å². The average molecular weight is 1250 g/mol. The Labute approximate surface area is 529 Å². The Kier molecular flexibility index (Phi) is 26.5. The fourth-order valence-electron chi connectivity index (χ4n) is 11.9. The van der Waals surface area contributed by atoms with E-state index in [2.05, 4.69) is 52.2 Å². The minimum absolute atomic E-state index is 0.0143. The molecule has 5 aromatic carbocycles. The maximum atomic E-state index is 14.4. The van der Waals surface area contributed by atoms with Crippen molar-refractivity contribution in [2.75, 3.05) is 13.2 Å². The predicted molar refractivity (Wildman–Crippen MR) is 343 cm³/mol. The molecule has 0 radical (unpaired) electrons. The largest absolute Gasteiger partial charge is 0.458 e. The molecule has 2 fully saturated rings. The van der Waals surface area contributed by atoms with E-state index in [1.165, 1.54) is 6.92 Å². The van der Waals surface area contributed by atoms with Crippen molar-refractivity contribution in [1.29, 1.82) is 0 Å². The zero-order valence-electron chi connectivity index (χ0n) is 54.7. The van der Waals surface area contributed by atoms with Crippen LogP contribution in [0.5, 0.6) is 0 Å². The number of benzene rings is 5. The Morgan fingerprint density at radius 1 is 0.483 bits per heavy atom. The second-order valence-corrected chi connectivity index (χ2v) is 31.5. The third-order valence-electron chi connectivity index (χ3n) is 15.8. The quantitative estimate of drug-likeness (QED) is 0.0326. The van der Waals surface area contributed by atoms with Crippen molar-refractivity contribution < 1.29 is 70.9 Å². The number of esters is 1. The summed E-state index contributed by atoms with van der Waals surface area (Å²) in [5, 5.41) is 5.87. The van der Waals surface area contributed by atoms with Gasteiger partial charge in [0.1, 0.15) is 60.0 Å². The molecule has 89 heavy (non-hydrogen) atoms. The number of nitrogens with one attached hydrogen (secondary N) is 2. The molecular formula is C71H98N2O15Si. The van der Waals surface area contributed by atoms with Crippen LogP contribution in [0.3, 0.4) is 0 Å². The van der Waals surface area contributed by atoms with Gasteiger partial charge in [0.15, 0.2) is 26.9 Å².